The van der Waals surface area contributed by atoms with Crippen LogP contribution in [0.1, 0.15) is 19.4 Å². The fraction of sp³-hybridized carbons (Fsp3) is 0.182. The topological polar surface area (TPSA) is 105 Å². The molecule has 8 nitrogen and oxygen atoms in total. The van der Waals surface area contributed by atoms with Crippen LogP contribution in [0.3, 0.4) is 0 Å². The van der Waals surface area contributed by atoms with Gasteiger partial charge in [-0.15, -0.1) is 0 Å². The van der Waals surface area contributed by atoms with Crippen LogP contribution in [0.15, 0.2) is 48.0 Å². The quantitative estimate of drug-likeness (QED) is 0.373. The lowest BCUT2D eigenvalue weighted by Gasteiger charge is -2.29. The van der Waals surface area contributed by atoms with E-state index >= 15 is 0 Å². The lowest BCUT2D eigenvalue weighted by atomic mass is 10.1. The van der Waals surface area contributed by atoms with Gasteiger partial charge in [0.05, 0.1) is 12.3 Å². The molecule has 1 saturated heterocycles. The fourth-order valence-electron chi connectivity index (χ4n) is 2.90. The Morgan fingerprint density at radius 3 is 2.62 bits per heavy atom. The Morgan fingerprint density at radius 1 is 1.25 bits per heavy atom. The molecule has 10 heteroatoms. The molecule has 166 valence electrons. The lowest BCUT2D eigenvalue weighted by Crippen LogP contribution is -2.54. The average Bonchev–Trinajstić information content (AvgIpc) is 2.74. The Kier molecular flexibility index (Phi) is 6.84. The molecule has 2 aromatic carbocycles. The van der Waals surface area contributed by atoms with Crippen molar-refractivity contribution in [2.24, 2.45) is 0 Å². The van der Waals surface area contributed by atoms with Crippen LogP contribution in [-0.4, -0.2) is 40.7 Å². The zero-order valence-electron chi connectivity index (χ0n) is 17.1. The van der Waals surface area contributed by atoms with Gasteiger partial charge in [-0.3, -0.25) is 14.9 Å². The number of benzene rings is 2. The minimum Gasteiger partial charge on any atom is -0.490 e. The Morgan fingerprint density at radius 2 is 1.97 bits per heavy atom. The summed E-state index contributed by atoms with van der Waals surface area (Å²) in [5.74, 6) is -2.91. The summed E-state index contributed by atoms with van der Waals surface area (Å²) >= 11 is 5.07. The molecule has 1 aliphatic rings. The van der Waals surface area contributed by atoms with Gasteiger partial charge in [-0.2, -0.15) is 0 Å². The SMILES string of the molecule is CCOc1cc(/C=C2/C(=O)NC(=S)N(c3ccccc3F)C2=O)ccc1O[C@H](C)C(=O)O. The van der Waals surface area contributed by atoms with Gasteiger partial charge >= 0.3 is 5.97 Å². The van der Waals surface area contributed by atoms with Crippen LogP contribution in [0, 0.1) is 5.82 Å². The molecule has 1 aliphatic heterocycles. The van der Waals surface area contributed by atoms with Crippen LogP contribution in [-0.2, 0) is 14.4 Å². The number of carbonyl (C=O) groups is 3. The van der Waals surface area contributed by atoms with E-state index in [4.69, 9.17) is 26.8 Å². The average molecular weight is 458 g/mol. The van der Waals surface area contributed by atoms with E-state index < -0.39 is 29.7 Å². The number of ether oxygens (including phenoxy) is 2. The highest BCUT2D eigenvalue weighted by atomic mass is 32.1. The largest absolute Gasteiger partial charge is 0.490 e. The minimum atomic E-state index is -1.15. The van der Waals surface area contributed by atoms with E-state index in [0.29, 0.717) is 5.56 Å². The number of thiocarbonyl (C=S) groups is 1. The standard InChI is InChI=1S/C22H19FN2O6S/c1-3-30-18-11-13(8-9-17(18)31-12(2)21(28)29)10-14-19(26)24-22(32)25(20(14)27)16-7-5-4-6-15(16)23/h4-12H,3H2,1-2H3,(H,28,29)(H,24,26,32)/b14-10-/t12-/m1/s1. The molecular formula is C22H19FN2O6S. The van der Waals surface area contributed by atoms with Crippen LogP contribution in [0.4, 0.5) is 10.1 Å². The van der Waals surface area contributed by atoms with E-state index in [1.165, 1.54) is 49.4 Å². The molecule has 3 rings (SSSR count). The van der Waals surface area contributed by atoms with Crippen LogP contribution in [0.25, 0.3) is 6.08 Å². The number of amides is 2. The predicted molar refractivity (Wildman–Crippen MR) is 118 cm³/mol. The number of hydrogen-bond acceptors (Lipinski definition) is 6. The summed E-state index contributed by atoms with van der Waals surface area (Å²) < 4.78 is 25.2. The van der Waals surface area contributed by atoms with Gasteiger partial charge in [-0.1, -0.05) is 18.2 Å². The van der Waals surface area contributed by atoms with Gasteiger partial charge < -0.3 is 14.6 Å². The second-order valence-corrected chi connectivity index (χ2v) is 7.03. The maximum atomic E-state index is 14.3. The van der Waals surface area contributed by atoms with E-state index in [0.717, 1.165) is 4.90 Å². The van der Waals surface area contributed by atoms with Crippen molar-refractivity contribution < 1.29 is 33.4 Å². The summed E-state index contributed by atoms with van der Waals surface area (Å²) in [5.41, 5.74) is 0.0512. The van der Waals surface area contributed by atoms with Crippen molar-refractivity contribution in [3.63, 3.8) is 0 Å². The van der Waals surface area contributed by atoms with Gasteiger partial charge in [0.1, 0.15) is 11.4 Å². The van der Waals surface area contributed by atoms with Gasteiger partial charge in [0, 0.05) is 0 Å². The molecular weight excluding hydrogens is 439 g/mol. The first-order chi connectivity index (χ1) is 15.2. The molecule has 0 aliphatic carbocycles. The highest BCUT2D eigenvalue weighted by molar-refractivity contribution is 7.80. The number of rotatable bonds is 7. The third-order valence-electron chi connectivity index (χ3n) is 4.43. The van der Waals surface area contributed by atoms with E-state index in [1.807, 2.05) is 0 Å². The van der Waals surface area contributed by atoms with Crippen molar-refractivity contribution in [1.82, 2.24) is 5.32 Å². The maximum Gasteiger partial charge on any atom is 0.344 e. The first kappa shape index (κ1) is 22.9. The van der Waals surface area contributed by atoms with Crippen molar-refractivity contribution in [2.45, 2.75) is 20.0 Å². The Balaban J connectivity index is 1.98. The van der Waals surface area contributed by atoms with Crippen molar-refractivity contribution in [3.8, 4) is 11.5 Å². The number of hydrogen-bond donors (Lipinski definition) is 2. The van der Waals surface area contributed by atoms with Crippen LogP contribution in [0.5, 0.6) is 11.5 Å². The second-order valence-electron chi connectivity index (χ2n) is 6.65. The molecule has 0 saturated carbocycles. The highest BCUT2D eigenvalue weighted by Crippen LogP contribution is 2.31. The summed E-state index contributed by atoms with van der Waals surface area (Å²) in [6, 6.07) is 10.1. The summed E-state index contributed by atoms with van der Waals surface area (Å²) in [5, 5.41) is 11.2. The first-order valence-corrected chi connectivity index (χ1v) is 9.96. The van der Waals surface area contributed by atoms with Crippen molar-refractivity contribution in [2.75, 3.05) is 11.5 Å². The third-order valence-corrected chi connectivity index (χ3v) is 4.71. The lowest BCUT2D eigenvalue weighted by molar-refractivity contribution is -0.144. The maximum absolute atomic E-state index is 14.3. The molecule has 1 atom stereocenters. The molecule has 1 fully saturated rings. The van der Waals surface area contributed by atoms with Crippen LogP contribution < -0.4 is 19.7 Å². The summed E-state index contributed by atoms with van der Waals surface area (Å²) in [7, 11) is 0. The molecule has 2 aromatic rings. The number of nitrogens with zero attached hydrogens (tertiary/aromatic N) is 1. The minimum absolute atomic E-state index is 0.0881. The van der Waals surface area contributed by atoms with Crippen molar-refractivity contribution in [3.05, 3.63) is 59.4 Å². The number of aliphatic carboxylic acids is 1. The zero-order chi connectivity index (χ0) is 23.4. The van der Waals surface area contributed by atoms with Crippen LogP contribution in [0.2, 0.25) is 0 Å². The Hall–Kier alpha value is -3.79. The predicted octanol–water partition coefficient (Wildman–Crippen LogP) is 2.91. The smallest absolute Gasteiger partial charge is 0.344 e. The Bertz CT molecular complexity index is 1130. The molecule has 1 heterocycles. The van der Waals surface area contributed by atoms with E-state index in [1.54, 1.807) is 13.0 Å². The molecule has 0 unspecified atom stereocenters. The first-order valence-electron chi connectivity index (χ1n) is 9.55. The number of para-hydroxylation sites is 1. The summed E-state index contributed by atoms with van der Waals surface area (Å²) in [4.78, 5) is 37.5. The highest BCUT2D eigenvalue weighted by Gasteiger charge is 2.35. The fourth-order valence-corrected chi connectivity index (χ4v) is 3.17. The number of anilines is 1. The molecule has 0 aromatic heterocycles. The molecule has 32 heavy (non-hydrogen) atoms. The number of carboxylic acids is 1. The number of carboxylic acid groups (broad SMARTS) is 1. The normalized spacial score (nSPS) is 16.0. The number of nitrogens with one attached hydrogen (secondary N) is 1. The molecule has 0 bridgehead atoms. The van der Waals surface area contributed by atoms with Gasteiger partial charge in [0.2, 0.25) is 0 Å². The second kappa shape index (κ2) is 9.56. The van der Waals surface area contributed by atoms with E-state index in [2.05, 4.69) is 5.32 Å². The van der Waals surface area contributed by atoms with E-state index in [9.17, 15) is 18.8 Å². The third kappa shape index (κ3) is 4.75. The monoisotopic (exact) mass is 458 g/mol. The van der Waals surface area contributed by atoms with Gasteiger partial charge in [-0.25, -0.2) is 14.1 Å². The van der Waals surface area contributed by atoms with E-state index in [-0.39, 0.29) is 34.5 Å². The Labute approximate surface area is 188 Å². The van der Waals surface area contributed by atoms with Crippen molar-refractivity contribution in [1.29, 1.82) is 0 Å². The van der Waals surface area contributed by atoms with Crippen molar-refractivity contribution >= 4 is 46.9 Å². The molecule has 0 spiro atoms. The van der Waals surface area contributed by atoms with Gasteiger partial charge in [0.15, 0.2) is 22.7 Å². The number of halogens is 1. The molecule has 0 radical (unpaired) electrons. The van der Waals surface area contributed by atoms with Gasteiger partial charge in [0.25, 0.3) is 11.8 Å². The molecule has 2 amide bonds. The summed E-state index contributed by atoms with van der Waals surface area (Å²) in [6.45, 7) is 3.38. The van der Waals surface area contributed by atoms with Gasteiger partial charge in [-0.05, 0) is 62.0 Å². The number of carbonyl (C=O) groups excluding carboxylic acids is 2. The zero-order valence-corrected chi connectivity index (χ0v) is 17.9. The van der Waals surface area contributed by atoms with Crippen LogP contribution >= 0.6 is 12.2 Å². The molecule has 2 N–H and O–H groups in total. The summed E-state index contributed by atoms with van der Waals surface area (Å²) in [6.07, 6.45) is 0.194.